The molecule has 0 aliphatic carbocycles. The molecule has 0 aromatic rings. The Morgan fingerprint density at radius 1 is 1.58 bits per heavy atom. The van der Waals surface area contributed by atoms with E-state index >= 15 is 0 Å². The molecule has 0 heterocycles. The molecular weight excluding hydrogens is 170 g/mol. The third-order valence-electron chi connectivity index (χ3n) is 1.85. The fraction of sp³-hybridized carbons (Fsp3) is 0.750. The summed E-state index contributed by atoms with van der Waals surface area (Å²) < 4.78 is 0. The second-order valence-electron chi connectivity index (χ2n) is 2.74. The van der Waals surface area contributed by atoms with Crippen LogP contribution in [0.2, 0.25) is 0 Å². The minimum atomic E-state index is 0.226. The molecule has 1 atom stereocenters. The SMILES string of the molecule is CC/C(=N/NC(N)=S)C(C)CC. The predicted octanol–water partition coefficient (Wildman–Crippen LogP) is 1.63. The number of nitrogens with one attached hydrogen (secondary N) is 1. The smallest absolute Gasteiger partial charge is 0.184 e. The van der Waals surface area contributed by atoms with E-state index in [0.29, 0.717) is 5.92 Å². The molecule has 4 heteroatoms. The third-order valence-corrected chi connectivity index (χ3v) is 1.94. The molecule has 0 rings (SSSR count). The van der Waals surface area contributed by atoms with E-state index in [-0.39, 0.29) is 5.11 Å². The van der Waals surface area contributed by atoms with Gasteiger partial charge in [0, 0.05) is 5.71 Å². The van der Waals surface area contributed by atoms with Crippen LogP contribution in [-0.2, 0) is 0 Å². The van der Waals surface area contributed by atoms with Crippen molar-refractivity contribution in [1.29, 1.82) is 0 Å². The number of hydrazone groups is 1. The molecular formula is C8H17N3S. The first kappa shape index (κ1) is 11.4. The standard InChI is InChI=1S/C8H17N3S/c1-4-6(3)7(5-2)10-11-8(9)12/h6H,4-5H2,1-3H3,(H3,9,11,12)/b10-7-. The van der Waals surface area contributed by atoms with Gasteiger partial charge >= 0.3 is 0 Å². The van der Waals surface area contributed by atoms with Gasteiger partial charge < -0.3 is 5.73 Å². The largest absolute Gasteiger partial charge is 0.375 e. The third kappa shape index (κ3) is 4.28. The summed E-state index contributed by atoms with van der Waals surface area (Å²) in [5, 5.41) is 4.34. The summed E-state index contributed by atoms with van der Waals surface area (Å²) >= 11 is 4.64. The summed E-state index contributed by atoms with van der Waals surface area (Å²) in [6.07, 6.45) is 2.02. The number of nitrogens with zero attached hydrogens (tertiary/aromatic N) is 1. The lowest BCUT2D eigenvalue weighted by atomic mass is 10.0. The molecule has 0 saturated carbocycles. The van der Waals surface area contributed by atoms with E-state index < -0.39 is 0 Å². The first-order valence-corrected chi connectivity index (χ1v) is 4.64. The van der Waals surface area contributed by atoms with Crippen LogP contribution in [0.5, 0.6) is 0 Å². The molecule has 0 fully saturated rings. The summed E-state index contributed by atoms with van der Waals surface area (Å²) in [5.41, 5.74) is 8.98. The number of hydrogen-bond donors (Lipinski definition) is 2. The van der Waals surface area contributed by atoms with E-state index in [1.165, 1.54) is 0 Å². The molecule has 12 heavy (non-hydrogen) atoms. The van der Waals surface area contributed by atoms with E-state index in [4.69, 9.17) is 5.73 Å². The summed E-state index contributed by atoms with van der Waals surface area (Å²) in [5.74, 6) is 0.497. The zero-order valence-electron chi connectivity index (χ0n) is 7.92. The Labute approximate surface area is 79.4 Å². The molecule has 70 valence electrons. The number of rotatable bonds is 4. The lowest BCUT2D eigenvalue weighted by molar-refractivity contribution is 0.716. The van der Waals surface area contributed by atoms with Gasteiger partial charge in [-0.25, -0.2) is 0 Å². The average molecular weight is 187 g/mol. The van der Waals surface area contributed by atoms with E-state index in [1.54, 1.807) is 0 Å². The Balaban J connectivity index is 4.12. The molecule has 0 aromatic carbocycles. The Hall–Kier alpha value is -0.640. The number of thiocarbonyl (C=S) groups is 1. The number of nitrogens with two attached hydrogens (primary N) is 1. The molecule has 3 N–H and O–H groups in total. The van der Waals surface area contributed by atoms with Crippen LogP contribution in [-0.4, -0.2) is 10.8 Å². The van der Waals surface area contributed by atoms with Gasteiger partial charge in [0.1, 0.15) is 0 Å². The summed E-state index contributed by atoms with van der Waals surface area (Å²) in [7, 11) is 0. The lowest BCUT2D eigenvalue weighted by Gasteiger charge is -2.10. The van der Waals surface area contributed by atoms with Gasteiger partial charge in [-0.15, -0.1) is 0 Å². The molecule has 0 aliphatic heterocycles. The van der Waals surface area contributed by atoms with Crippen LogP contribution in [0.15, 0.2) is 5.10 Å². The molecule has 0 spiro atoms. The van der Waals surface area contributed by atoms with Crippen LogP contribution in [0.1, 0.15) is 33.6 Å². The minimum Gasteiger partial charge on any atom is -0.375 e. The molecule has 3 nitrogen and oxygen atoms in total. The highest BCUT2D eigenvalue weighted by Crippen LogP contribution is 2.06. The van der Waals surface area contributed by atoms with E-state index in [0.717, 1.165) is 18.6 Å². The van der Waals surface area contributed by atoms with E-state index in [9.17, 15) is 0 Å². The zero-order valence-corrected chi connectivity index (χ0v) is 8.74. The predicted molar refractivity (Wildman–Crippen MR) is 57.1 cm³/mol. The quantitative estimate of drug-likeness (QED) is 0.399. The van der Waals surface area contributed by atoms with Gasteiger partial charge in [0.05, 0.1) is 0 Å². The highest BCUT2D eigenvalue weighted by atomic mass is 32.1. The maximum absolute atomic E-state index is 5.25. The molecule has 0 amide bonds. The van der Waals surface area contributed by atoms with Gasteiger partial charge in [0.15, 0.2) is 5.11 Å². The van der Waals surface area contributed by atoms with Crippen molar-refractivity contribution in [2.24, 2.45) is 16.8 Å². The molecule has 0 aliphatic rings. The molecule has 0 radical (unpaired) electrons. The minimum absolute atomic E-state index is 0.226. The van der Waals surface area contributed by atoms with Crippen LogP contribution in [0, 0.1) is 5.92 Å². The van der Waals surface area contributed by atoms with Crippen LogP contribution in [0.25, 0.3) is 0 Å². The van der Waals surface area contributed by atoms with Crippen molar-refractivity contribution in [3.05, 3.63) is 0 Å². The van der Waals surface area contributed by atoms with E-state index in [2.05, 4.69) is 43.5 Å². The summed E-state index contributed by atoms with van der Waals surface area (Å²) in [6, 6.07) is 0. The first-order chi connectivity index (χ1) is 5.61. The highest BCUT2D eigenvalue weighted by Gasteiger charge is 2.05. The van der Waals surface area contributed by atoms with Gasteiger partial charge in [-0.3, -0.25) is 5.43 Å². The van der Waals surface area contributed by atoms with Gasteiger partial charge in [-0.05, 0) is 31.0 Å². The first-order valence-electron chi connectivity index (χ1n) is 4.23. The Morgan fingerprint density at radius 3 is 2.50 bits per heavy atom. The van der Waals surface area contributed by atoms with Gasteiger partial charge in [-0.1, -0.05) is 20.8 Å². The Morgan fingerprint density at radius 2 is 2.17 bits per heavy atom. The van der Waals surface area contributed by atoms with Crippen molar-refractivity contribution in [2.75, 3.05) is 0 Å². The van der Waals surface area contributed by atoms with E-state index in [1.807, 2.05) is 0 Å². The van der Waals surface area contributed by atoms with Crippen molar-refractivity contribution in [3.8, 4) is 0 Å². The van der Waals surface area contributed by atoms with Gasteiger partial charge in [0.2, 0.25) is 0 Å². The summed E-state index contributed by atoms with van der Waals surface area (Å²) in [6.45, 7) is 6.35. The molecule has 0 bridgehead atoms. The topological polar surface area (TPSA) is 50.4 Å². The lowest BCUT2D eigenvalue weighted by Crippen LogP contribution is -2.26. The molecule has 1 unspecified atom stereocenters. The maximum Gasteiger partial charge on any atom is 0.184 e. The monoisotopic (exact) mass is 187 g/mol. The summed E-state index contributed by atoms with van der Waals surface area (Å²) in [4.78, 5) is 0. The van der Waals surface area contributed by atoms with Crippen LogP contribution in [0.3, 0.4) is 0 Å². The molecule has 0 saturated heterocycles. The molecule has 0 aromatic heterocycles. The fourth-order valence-corrected chi connectivity index (χ4v) is 0.946. The average Bonchev–Trinajstić information content (AvgIpc) is 2.04. The van der Waals surface area contributed by atoms with Crippen molar-refractivity contribution >= 4 is 23.0 Å². The van der Waals surface area contributed by atoms with Crippen LogP contribution >= 0.6 is 12.2 Å². The second-order valence-corrected chi connectivity index (χ2v) is 3.18. The van der Waals surface area contributed by atoms with Gasteiger partial charge in [0.25, 0.3) is 0 Å². The van der Waals surface area contributed by atoms with Crippen LogP contribution < -0.4 is 11.2 Å². The fourth-order valence-electron chi connectivity index (χ4n) is 0.900. The maximum atomic E-state index is 5.25. The Bertz CT molecular complexity index is 177. The van der Waals surface area contributed by atoms with Gasteiger partial charge in [-0.2, -0.15) is 5.10 Å². The normalized spacial score (nSPS) is 14.1. The van der Waals surface area contributed by atoms with Crippen molar-refractivity contribution in [3.63, 3.8) is 0 Å². The van der Waals surface area contributed by atoms with Crippen molar-refractivity contribution < 1.29 is 0 Å². The van der Waals surface area contributed by atoms with Crippen molar-refractivity contribution in [1.82, 2.24) is 5.43 Å². The Kier molecular flexibility index (Phi) is 5.62. The zero-order chi connectivity index (χ0) is 9.56. The highest BCUT2D eigenvalue weighted by molar-refractivity contribution is 7.80. The van der Waals surface area contributed by atoms with Crippen LogP contribution in [0.4, 0.5) is 0 Å². The number of hydrogen-bond acceptors (Lipinski definition) is 2. The second kappa shape index (κ2) is 5.94. The van der Waals surface area contributed by atoms with Crippen molar-refractivity contribution in [2.45, 2.75) is 33.6 Å².